The van der Waals surface area contributed by atoms with Crippen LogP contribution in [0, 0.1) is 11.7 Å². The van der Waals surface area contributed by atoms with Gasteiger partial charge in [0.15, 0.2) is 0 Å². The van der Waals surface area contributed by atoms with Crippen LogP contribution in [0.5, 0.6) is 0 Å². The number of nitrogens with zero attached hydrogens (tertiary/aromatic N) is 3. The van der Waals surface area contributed by atoms with Gasteiger partial charge < -0.3 is 9.88 Å². The van der Waals surface area contributed by atoms with Gasteiger partial charge in [0.2, 0.25) is 0 Å². The largest absolute Gasteiger partial charge is 0.332 e. The summed E-state index contributed by atoms with van der Waals surface area (Å²) in [5.41, 5.74) is 1.62. The predicted octanol–water partition coefficient (Wildman–Crippen LogP) is 5.88. The van der Waals surface area contributed by atoms with Crippen LogP contribution < -0.4 is 10.0 Å². The molecule has 0 saturated carbocycles. The Morgan fingerprint density at radius 1 is 1.10 bits per heavy atom. The number of carbonyl (C=O) groups is 1. The quantitative estimate of drug-likeness (QED) is 0.256. The summed E-state index contributed by atoms with van der Waals surface area (Å²) >= 11 is 1.09. The number of hydrogen-bond acceptors (Lipinski definition) is 6. The number of thiophene rings is 1. The molecule has 0 aliphatic carbocycles. The van der Waals surface area contributed by atoms with Crippen LogP contribution in [0.25, 0.3) is 11.1 Å². The van der Waals surface area contributed by atoms with Crippen LogP contribution in [0.2, 0.25) is 0 Å². The van der Waals surface area contributed by atoms with Crippen molar-refractivity contribution in [1.82, 2.24) is 24.6 Å². The van der Waals surface area contributed by atoms with E-state index in [0.29, 0.717) is 35.3 Å². The molecule has 212 valence electrons. The first-order chi connectivity index (χ1) is 18.8. The van der Waals surface area contributed by atoms with Gasteiger partial charge in [-0.3, -0.25) is 4.98 Å². The molecule has 2 amide bonds. The monoisotopic (exact) mass is 583 g/mol. The summed E-state index contributed by atoms with van der Waals surface area (Å²) in [5.74, 6) is 0.669. The maximum Gasteiger partial charge on any atom is 0.329 e. The van der Waals surface area contributed by atoms with Crippen molar-refractivity contribution < 1.29 is 17.6 Å². The highest BCUT2D eigenvalue weighted by molar-refractivity contribution is 7.92. The number of aromatic nitrogens is 3. The molecule has 0 unspecified atom stereocenters. The summed E-state index contributed by atoms with van der Waals surface area (Å²) in [7, 11) is -4.24. The highest BCUT2D eigenvalue weighted by Gasteiger charge is 2.26. The number of imidazole rings is 1. The normalized spacial score (nSPS) is 12.1. The lowest BCUT2D eigenvalue weighted by Gasteiger charge is -2.20. The van der Waals surface area contributed by atoms with Crippen molar-refractivity contribution in [1.29, 1.82) is 0 Å². The molecule has 3 aromatic heterocycles. The number of halogens is 1. The molecule has 0 bridgehead atoms. The SMILES string of the molecule is CC(C)Cc1cc(-c2ccc(Cn3ccnc3C(C)(C)C)c(F)c2)c(S(=O)(=O)NC(=O)NCc2ccccn2)s1. The molecule has 0 saturated heterocycles. The van der Waals surface area contributed by atoms with Crippen molar-refractivity contribution in [3.05, 3.63) is 88.8 Å². The average molecular weight is 584 g/mol. The Kier molecular flexibility index (Phi) is 8.74. The van der Waals surface area contributed by atoms with Gasteiger partial charge in [-0.1, -0.05) is 52.8 Å². The number of pyridine rings is 1. The van der Waals surface area contributed by atoms with Crippen LogP contribution in [0.3, 0.4) is 0 Å². The number of hydrogen-bond donors (Lipinski definition) is 2. The molecule has 0 aliphatic rings. The van der Waals surface area contributed by atoms with E-state index in [1.54, 1.807) is 48.8 Å². The van der Waals surface area contributed by atoms with E-state index in [0.717, 1.165) is 22.0 Å². The molecule has 0 aliphatic heterocycles. The molecule has 40 heavy (non-hydrogen) atoms. The van der Waals surface area contributed by atoms with Gasteiger partial charge in [-0.15, -0.1) is 11.3 Å². The summed E-state index contributed by atoms with van der Waals surface area (Å²) in [6, 6.07) is 10.9. The standard InChI is InChI=1S/C29H34FN5O3S2/c1-19(2)14-23-16-24(26(39-23)40(37,38)34-28(36)33-17-22-8-6-7-11-31-22)20-9-10-21(25(30)15-20)18-35-13-12-32-27(35)29(3,4)5/h6-13,15-16,19H,14,17-18H2,1-5H3,(H2,33,34,36). The van der Waals surface area contributed by atoms with Gasteiger partial charge in [0.05, 0.1) is 18.8 Å². The van der Waals surface area contributed by atoms with Gasteiger partial charge in [0, 0.05) is 40.0 Å². The summed E-state index contributed by atoms with van der Waals surface area (Å²) in [4.78, 5) is 21.9. The summed E-state index contributed by atoms with van der Waals surface area (Å²) in [5, 5.41) is 2.52. The second kappa shape index (κ2) is 11.9. The van der Waals surface area contributed by atoms with Gasteiger partial charge in [-0.05, 0) is 42.2 Å². The summed E-state index contributed by atoms with van der Waals surface area (Å²) in [6.07, 6.45) is 5.75. The lowest BCUT2D eigenvalue weighted by Crippen LogP contribution is -2.39. The number of urea groups is 1. The molecule has 0 spiro atoms. The second-order valence-corrected chi connectivity index (χ2v) is 14.1. The van der Waals surface area contributed by atoms with Gasteiger partial charge in [-0.2, -0.15) is 0 Å². The Bertz CT molecular complexity index is 1590. The molecule has 0 radical (unpaired) electrons. The van der Waals surface area contributed by atoms with E-state index in [2.05, 4.69) is 20.0 Å². The third-order valence-electron chi connectivity index (χ3n) is 6.08. The van der Waals surface area contributed by atoms with Crippen LogP contribution in [0.1, 0.15) is 56.6 Å². The minimum absolute atomic E-state index is 0.0343. The third kappa shape index (κ3) is 7.14. The van der Waals surface area contributed by atoms with Crippen molar-refractivity contribution in [2.24, 2.45) is 5.92 Å². The molecule has 3 heterocycles. The molecule has 4 rings (SSSR count). The Morgan fingerprint density at radius 3 is 2.52 bits per heavy atom. The zero-order valence-electron chi connectivity index (χ0n) is 23.2. The van der Waals surface area contributed by atoms with E-state index < -0.39 is 21.9 Å². The average Bonchev–Trinajstić information content (AvgIpc) is 3.52. The maximum atomic E-state index is 15.4. The van der Waals surface area contributed by atoms with Gasteiger partial charge >= 0.3 is 6.03 Å². The Balaban J connectivity index is 1.61. The Labute approximate surface area is 238 Å². The number of amides is 2. The lowest BCUT2D eigenvalue weighted by molar-refractivity contribution is 0.245. The van der Waals surface area contributed by atoms with Crippen molar-refractivity contribution in [2.75, 3.05) is 0 Å². The van der Waals surface area contributed by atoms with Crippen LogP contribution in [-0.2, 0) is 34.9 Å². The maximum absolute atomic E-state index is 15.4. The summed E-state index contributed by atoms with van der Waals surface area (Å²) in [6.45, 7) is 10.6. The van der Waals surface area contributed by atoms with E-state index in [1.165, 1.54) is 6.07 Å². The van der Waals surface area contributed by atoms with Crippen LogP contribution in [0.4, 0.5) is 9.18 Å². The highest BCUT2D eigenvalue weighted by atomic mass is 32.2. The minimum atomic E-state index is -4.24. The highest BCUT2D eigenvalue weighted by Crippen LogP contribution is 2.37. The molecular weight excluding hydrogens is 549 g/mol. The van der Waals surface area contributed by atoms with Crippen LogP contribution >= 0.6 is 11.3 Å². The number of benzene rings is 1. The van der Waals surface area contributed by atoms with Gasteiger partial charge in [0.25, 0.3) is 10.0 Å². The zero-order chi connectivity index (χ0) is 29.1. The third-order valence-corrected chi connectivity index (χ3v) is 9.10. The molecule has 0 fully saturated rings. The molecule has 1 aromatic carbocycles. The number of sulfonamides is 1. The fraction of sp³-hybridized carbons (Fsp3) is 0.345. The molecule has 2 N–H and O–H groups in total. The first kappa shape index (κ1) is 29.4. The second-order valence-electron chi connectivity index (χ2n) is 11.1. The van der Waals surface area contributed by atoms with E-state index in [1.807, 2.05) is 45.4 Å². The zero-order valence-corrected chi connectivity index (χ0v) is 24.9. The molecule has 8 nitrogen and oxygen atoms in total. The fourth-order valence-electron chi connectivity index (χ4n) is 4.31. The van der Waals surface area contributed by atoms with Crippen LogP contribution in [0.15, 0.2) is 65.3 Å². The first-order valence-corrected chi connectivity index (χ1v) is 15.3. The first-order valence-electron chi connectivity index (χ1n) is 13.0. The van der Waals surface area contributed by atoms with Crippen molar-refractivity contribution in [3.63, 3.8) is 0 Å². The molecule has 4 aromatic rings. The number of carbonyl (C=O) groups excluding carboxylic acids is 1. The smallest absolute Gasteiger partial charge is 0.329 e. The number of nitrogens with one attached hydrogen (secondary N) is 2. The van der Waals surface area contributed by atoms with Crippen molar-refractivity contribution in [3.8, 4) is 11.1 Å². The lowest BCUT2D eigenvalue weighted by atomic mass is 9.95. The van der Waals surface area contributed by atoms with E-state index >= 15 is 4.39 Å². The van der Waals surface area contributed by atoms with Gasteiger partial charge in [0.1, 0.15) is 15.9 Å². The Morgan fingerprint density at radius 2 is 1.88 bits per heavy atom. The van der Waals surface area contributed by atoms with E-state index in [9.17, 15) is 13.2 Å². The van der Waals surface area contributed by atoms with Gasteiger partial charge in [-0.25, -0.2) is 27.3 Å². The van der Waals surface area contributed by atoms with Crippen molar-refractivity contribution >= 4 is 27.4 Å². The molecular formula is C29H34FN5O3S2. The minimum Gasteiger partial charge on any atom is -0.332 e. The van der Waals surface area contributed by atoms with E-state index in [4.69, 9.17) is 0 Å². The van der Waals surface area contributed by atoms with E-state index in [-0.39, 0.29) is 22.1 Å². The number of rotatable bonds is 9. The predicted molar refractivity (Wildman–Crippen MR) is 155 cm³/mol. The van der Waals surface area contributed by atoms with Crippen molar-refractivity contribution in [2.45, 2.75) is 63.8 Å². The molecule has 11 heteroatoms. The van der Waals surface area contributed by atoms with Crippen LogP contribution in [-0.4, -0.2) is 29.0 Å². The summed E-state index contributed by atoms with van der Waals surface area (Å²) < 4.78 is 46.1. The Hall–Kier alpha value is -3.57. The fourth-order valence-corrected chi connectivity index (χ4v) is 7.19. The topological polar surface area (TPSA) is 106 Å². The molecule has 0 atom stereocenters.